The van der Waals surface area contributed by atoms with Crippen molar-refractivity contribution in [1.82, 2.24) is 4.90 Å². The SMILES string of the molecule is CC[C@H]1CCCCN1[C@H]1CC(=O)N(c2ccc(F)c(F)c2)C1=O. The predicted octanol–water partition coefficient (Wildman–Crippen LogP) is 2.86. The molecule has 0 bridgehead atoms. The van der Waals surface area contributed by atoms with Crippen LogP contribution in [-0.4, -0.2) is 35.3 Å². The molecular weight excluding hydrogens is 302 g/mol. The van der Waals surface area contributed by atoms with Gasteiger partial charge in [-0.1, -0.05) is 13.3 Å². The minimum absolute atomic E-state index is 0.103. The summed E-state index contributed by atoms with van der Waals surface area (Å²) in [5.41, 5.74) is 0.103. The molecule has 124 valence electrons. The number of amides is 2. The number of carbonyl (C=O) groups is 2. The van der Waals surface area contributed by atoms with Crippen LogP contribution in [0.5, 0.6) is 0 Å². The molecule has 2 heterocycles. The summed E-state index contributed by atoms with van der Waals surface area (Å²) in [5, 5.41) is 0. The van der Waals surface area contributed by atoms with Gasteiger partial charge in [-0.15, -0.1) is 0 Å². The Morgan fingerprint density at radius 2 is 1.96 bits per heavy atom. The molecule has 3 rings (SSSR count). The second-order valence-corrected chi connectivity index (χ2v) is 6.18. The van der Waals surface area contributed by atoms with Crippen LogP contribution >= 0.6 is 0 Å². The molecule has 6 heteroatoms. The lowest BCUT2D eigenvalue weighted by Gasteiger charge is -2.38. The number of nitrogens with zero attached hydrogens (tertiary/aromatic N) is 2. The normalized spacial score (nSPS) is 26.1. The summed E-state index contributed by atoms with van der Waals surface area (Å²) < 4.78 is 26.5. The van der Waals surface area contributed by atoms with Crippen LogP contribution in [0, 0.1) is 11.6 Å². The van der Waals surface area contributed by atoms with Gasteiger partial charge in [-0.25, -0.2) is 13.7 Å². The molecule has 0 spiro atoms. The van der Waals surface area contributed by atoms with Crippen LogP contribution < -0.4 is 4.90 Å². The van der Waals surface area contributed by atoms with Crippen LogP contribution in [0.25, 0.3) is 0 Å². The Morgan fingerprint density at radius 1 is 1.17 bits per heavy atom. The van der Waals surface area contributed by atoms with E-state index in [1.807, 2.05) is 0 Å². The van der Waals surface area contributed by atoms with Crippen LogP contribution in [-0.2, 0) is 9.59 Å². The second-order valence-electron chi connectivity index (χ2n) is 6.18. The van der Waals surface area contributed by atoms with E-state index in [-0.39, 0.29) is 23.9 Å². The molecule has 2 aliphatic rings. The number of piperidine rings is 1. The van der Waals surface area contributed by atoms with Gasteiger partial charge < -0.3 is 0 Å². The first kappa shape index (κ1) is 16.1. The van der Waals surface area contributed by atoms with Crippen LogP contribution in [0.1, 0.15) is 39.0 Å². The lowest BCUT2D eigenvalue weighted by Crippen LogP contribution is -2.49. The van der Waals surface area contributed by atoms with Crippen LogP contribution in [0.2, 0.25) is 0 Å². The number of hydrogen-bond acceptors (Lipinski definition) is 3. The van der Waals surface area contributed by atoms with Gasteiger partial charge in [0.2, 0.25) is 5.91 Å². The van der Waals surface area contributed by atoms with Crippen molar-refractivity contribution in [2.24, 2.45) is 0 Å². The molecule has 23 heavy (non-hydrogen) atoms. The smallest absolute Gasteiger partial charge is 0.251 e. The van der Waals surface area contributed by atoms with Gasteiger partial charge in [0.1, 0.15) is 0 Å². The minimum Gasteiger partial charge on any atom is -0.289 e. The average molecular weight is 322 g/mol. The van der Waals surface area contributed by atoms with Gasteiger partial charge in [0.25, 0.3) is 5.91 Å². The highest BCUT2D eigenvalue weighted by atomic mass is 19.2. The summed E-state index contributed by atoms with van der Waals surface area (Å²) in [6.07, 6.45) is 4.22. The molecule has 4 nitrogen and oxygen atoms in total. The highest BCUT2D eigenvalue weighted by Crippen LogP contribution is 2.31. The number of anilines is 1. The van der Waals surface area contributed by atoms with Crippen molar-refractivity contribution >= 4 is 17.5 Å². The largest absolute Gasteiger partial charge is 0.289 e. The molecule has 1 aromatic carbocycles. The molecule has 2 atom stereocenters. The van der Waals surface area contributed by atoms with Gasteiger partial charge in [0.15, 0.2) is 11.6 Å². The maximum Gasteiger partial charge on any atom is 0.251 e. The van der Waals surface area contributed by atoms with E-state index in [0.717, 1.165) is 49.3 Å². The third kappa shape index (κ3) is 2.87. The molecule has 0 N–H and O–H groups in total. The summed E-state index contributed by atoms with van der Waals surface area (Å²) in [4.78, 5) is 28.1. The predicted molar refractivity (Wildman–Crippen MR) is 81.9 cm³/mol. The molecule has 0 radical (unpaired) electrons. The highest BCUT2D eigenvalue weighted by Gasteiger charge is 2.44. The van der Waals surface area contributed by atoms with E-state index in [1.165, 1.54) is 6.07 Å². The molecule has 2 saturated heterocycles. The lowest BCUT2D eigenvalue weighted by molar-refractivity contribution is -0.123. The Morgan fingerprint density at radius 3 is 2.65 bits per heavy atom. The second kappa shape index (κ2) is 6.35. The summed E-state index contributed by atoms with van der Waals surface area (Å²) in [6.45, 7) is 2.88. The van der Waals surface area contributed by atoms with Crippen molar-refractivity contribution in [3.05, 3.63) is 29.8 Å². The number of hydrogen-bond donors (Lipinski definition) is 0. The fraction of sp³-hybridized carbons (Fsp3) is 0.529. The topological polar surface area (TPSA) is 40.6 Å². The van der Waals surface area contributed by atoms with E-state index in [1.54, 1.807) is 0 Å². The fourth-order valence-corrected chi connectivity index (χ4v) is 3.64. The highest BCUT2D eigenvalue weighted by molar-refractivity contribution is 6.22. The van der Waals surface area contributed by atoms with E-state index in [9.17, 15) is 18.4 Å². The standard InChI is InChI=1S/C17H20F2N2O2/c1-2-11-5-3-4-8-20(11)15-10-16(22)21(17(15)23)12-6-7-13(18)14(19)9-12/h6-7,9,11,15H,2-5,8,10H2,1H3/t11-,15-/m0/s1. The average Bonchev–Trinajstić information content (AvgIpc) is 2.85. The summed E-state index contributed by atoms with van der Waals surface area (Å²) in [5.74, 6) is -2.74. The first-order chi connectivity index (χ1) is 11.0. The van der Waals surface area contributed by atoms with Crippen LogP contribution in [0.15, 0.2) is 18.2 Å². The zero-order valence-electron chi connectivity index (χ0n) is 13.1. The van der Waals surface area contributed by atoms with Gasteiger partial charge >= 0.3 is 0 Å². The van der Waals surface area contributed by atoms with E-state index in [0.29, 0.717) is 6.04 Å². The zero-order valence-corrected chi connectivity index (χ0v) is 13.1. The van der Waals surface area contributed by atoms with E-state index >= 15 is 0 Å². The summed E-state index contributed by atoms with van der Waals surface area (Å²) >= 11 is 0. The number of imide groups is 1. The van der Waals surface area contributed by atoms with Crippen molar-refractivity contribution in [2.45, 2.75) is 51.1 Å². The summed E-state index contributed by atoms with van der Waals surface area (Å²) in [6, 6.07) is 2.93. The third-order valence-corrected chi connectivity index (χ3v) is 4.83. The maximum absolute atomic E-state index is 13.4. The first-order valence-electron chi connectivity index (χ1n) is 8.10. The monoisotopic (exact) mass is 322 g/mol. The molecule has 0 saturated carbocycles. The molecule has 0 aliphatic carbocycles. The molecule has 2 fully saturated rings. The number of carbonyl (C=O) groups excluding carboxylic acids is 2. The number of halogens is 2. The molecule has 0 aromatic heterocycles. The molecule has 1 aromatic rings. The van der Waals surface area contributed by atoms with Crippen LogP contribution in [0.4, 0.5) is 14.5 Å². The van der Waals surface area contributed by atoms with E-state index in [4.69, 9.17) is 0 Å². The van der Waals surface area contributed by atoms with Gasteiger partial charge in [-0.3, -0.25) is 14.5 Å². The lowest BCUT2D eigenvalue weighted by atomic mass is 9.97. The van der Waals surface area contributed by atoms with Crippen molar-refractivity contribution in [3.8, 4) is 0 Å². The van der Waals surface area contributed by atoms with Gasteiger partial charge in [-0.05, 0) is 37.9 Å². The van der Waals surface area contributed by atoms with E-state index < -0.39 is 17.7 Å². The Bertz CT molecular complexity index is 635. The quantitative estimate of drug-likeness (QED) is 0.804. The van der Waals surface area contributed by atoms with Crippen molar-refractivity contribution in [2.75, 3.05) is 11.4 Å². The fourth-order valence-electron chi connectivity index (χ4n) is 3.64. The summed E-state index contributed by atoms with van der Waals surface area (Å²) in [7, 11) is 0. The van der Waals surface area contributed by atoms with Crippen LogP contribution in [0.3, 0.4) is 0 Å². The Labute approximate surface area is 134 Å². The first-order valence-corrected chi connectivity index (χ1v) is 8.10. The minimum atomic E-state index is -1.06. The number of likely N-dealkylation sites (tertiary alicyclic amines) is 1. The van der Waals surface area contributed by atoms with Gasteiger partial charge in [0, 0.05) is 12.1 Å². The zero-order chi connectivity index (χ0) is 16.6. The van der Waals surface area contributed by atoms with Gasteiger partial charge in [-0.2, -0.15) is 0 Å². The molecular formula is C17H20F2N2O2. The van der Waals surface area contributed by atoms with Crippen molar-refractivity contribution in [3.63, 3.8) is 0 Å². The van der Waals surface area contributed by atoms with E-state index in [2.05, 4.69) is 11.8 Å². The Kier molecular flexibility index (Phi) is 4.43. The Hall–Kier alpha value is -1.82. The Balaban J connectivity index is 1.86. The molecule has 2 aliphatic heterocycles. The third-order valence-electron chi connectivity index (χ3n) is 4.83. The van der Waals surface area contributed by atoms with Crippen molar-refractivity contribution in [1.29, 1.82) is 0 Å². The van der Waals surface area contributed by atoms with Gasteiger partial charge in [0.05, 0.1) is 18.2 Å². The number of benzene rings is 1. The number of rotatable bonds is 3. The maximum atomic E-state index is 13.4. The molecule has 2 amide bonds. The molecule has 0 unspecified atom stereocenters. The van der Waals surface area contributed by atoms with Crippen molar-refractivity contribution < 1.29 is 18.4 Å².